The summed E-state index contributed by atoms with van der Waals surface area (Å²) in [6.07, 6.45) is 0.838. The number of fused-ring (bicyclic) bond motifs is 1. The van der Waals surface area contributed by atoms with Crippen molar-refractivity contribution in [1.29, 1.82) is 0 Å². The molecule has 0 saturated heterocycles. The summed E-state index contributed by atoms with van der Waals surface area (Å²) >= 11 is 3.71. The van der Waals surface area contributed by atoms with E-state index in [9.17, 15) is 4.39 Å². The van der Waals surface area contributed by atoms with Gasteiger partial charge in [-0.3, -0.25) is 0 Å². The van der Waals surface area contributed by atoms with Crippen LogP contribution in [0.5, 0.6) is 0 Å². The molecule has 106 valence electrons. The van der Waals surface area contributed by atoms with Gasteiger partial charge in [0.25, 0.3) is 0 Å². The number of hydrogen-bond donors (Lipinski definition) is 0. The summed E-state index contributed by atoms with van der Waals surface area (Å²) in [5, 5.41) is 2.50. The van der Waals surface area contributed by atoms with Gasteiger partial charge >= 0.3 is 0 Å². The molecule has 2 heteroatoms. The Bertz CT molecular complexity index is 754. The van der Waals surface area contributed by atoms with E-state index in [1.54, 1.807) is 12.1 Å². The maximum atomic E-state index is 13.6. The van der Waals surface area contributed by atoms with E-state index < -0.39 is 0 Å². The number of aryl methyl sites for hydroxylation is 1. The van der Waals surface area contributed by atoms with Crippen molar-refractivity contribution in [3.8, 4) is 0 Å². The SMILES string of the molecule is Cc1cc(F)cc(C(Br)Cc2cccc3ccccc23)c1. The summed E-state index contributed by atoms with van der Waals surface area (Å²) in [4.78, 5) is 0.109. The molecule has 3 aromatic rings. The molecular formula is C19H16BrF. The first-order valence-corrected chi connectivity index (χ1v) is 7.93. The van der Waals surface area contributed by atoms with Crippen LogP contribution >= 0.6 is 15.9 Å². The molecule has 0 aliphatic rings. The summed E-state index contributed by atoms with van der Waals surface area (Å²) in [5.41, 5.74) is 3.21. The third-order valence-corrected chi connectivity index (χ3v) is 4.56. The van der Waals surface area contributed by atoms with Crippen molar-refractivity contribution in [1.82, 2.24) is 0 Å². The highest BCUT2D eigenvalue weighted by molar-refractivity contribution is 9.09. The quantitative estimate of drug-likeness (QED) is 0.514. The second-order valence-electron chi connectivity index (χ2n) is 5.37. The zero-order valence-corrected chi connectivity index (χ0v) is 13.4. The fraction of sp³-hybridized carbons (Fsp3) is 0.158. The molecule has 0 N–H and O–H groups in total. The van der Waals surface area contributed by atoms with Gasteiger partial charge in [0.1, 0.15) is 5.82 Å². The lowest BCUT2D eigenvalue weighted by molar-refractivity contribution is 0.624. The van der Waals surface area contributed by atoms with Gasteiger partial charge in [0.2, 0.25) is 0 Å². The third-order valence-electron chi connectivity index (χ3n) is 3.71. The predicted octanol–water partition coefficient (Wildman–Crippen LogP) is 5.97. The molecule has 3 aromatic carbocycles. The number of rotatable bonds is 3. The summed E-state index contributed by atoms with van der Waals surface area (Å²) in [7, 11) is 0. The van der Waals surface area contributed by atoms with Crippen LogP contribution in [0, 0.1) is 12.7 Å². The Morgan fingerprint density at radius 1 is 1.00 bits per heavy atom. The van der Waals surface area contributed by atoms with Gasteiger partial charge in [-0.05, 0) is 52.9 Å². The lowest BCUT2D eigenvalue weighted by Crippen LogP contribution is -1.98. The van der Waals surface area contributed by atoms with Gasteiger partial charge in [0, 0.05) is 4.83 Å². The normalized spacial score (nSPS) is 12.5. The smallest absolute Gasteiger partial charge is 0.123 e. The largest absolute Gasteiger partial charge is 0.207 e. The number of alkyl halides is 1. The van der Waals surface area contributed by atoms with Crippen LogP contribution in [0.1, 0.15) is 21.5 Å². The van der Waals surface area contributed by atoms with E-state index in [1.807, 2.05) is 19.1 Å². The topological polar surface area (TPSA) is 0 Å². The second-order valence-corrected chi connectivity index (χ2v) is 6.48. The molecule has 0 fully saturated rings. The van der Waals surface area contributed by atoms with Crippen LogP contribution in [0.15, 0.2) is 60.7 Å². The van der Waals surface area contributed by atoms with Gasteiger partial charge in [0.05, 0.1) is 0 Å². The van der Waals surface area contributed by atoms with E-state index >= 15 is 0 Å². The molecule has 1 atom stereocenters. The minimum absolute atomic E-state index is 0.109. The molecule has 0 nitrogen and oxygen atoms in total. The number of halogens is 2. The fourth-order valence-electron chi connectivity index (χ4n) is 2.73. The maximum Gasteiger partial charge on any atom is 0.123 e. The molecule has 0 amide bonds. The standard InChI is InChI=1S/C19H16BrF/c1-13-9-16(11-17(21)10-13)19(20)12-15-7-4-6-14-5-2-3-8-18(14)15/h2-11,19H,12H2,1H3. The van der Waals surface area contributed by atoms with E-state index in [2.05, 4.69) is 52.3 Å². The van der Waals surface area contributed by atoms with Gasteiger partial charge in [-0.1, -0.05) is 64.5 Å². The first kappa shape index (κ1) is 14.3. The molecule has 3 rings (SSSR count). The molecule has 21 heavy (non-hydrogen) atoms. The Morgan fingerprint density at radius 3 is 2.57 bits per heavy atom. The summed E-state index contributed by atoms with van der Waals surface area (Å²) in [6, 6.07) is 19.9. The maximum absolute atomic E-state index is 13.6. The minimum atomic E-state index is -0.174. The summed E-state index contributed by atoms with van der Waals surface area (Å²) in [6.45, 7) is 1.92. The molecule has 0 spiro atoms. The van der Waals surface area contributed by atoms with Crippen LogP contribution < -0.4 is 0 Å². The van der Waals surface area contributed by atoms with E-state index in [0.717, 1.165) is 17.5 Å². The Balaban J connectivity index is 1.94. The molecule has 0 saturated carbocycles. The molecule has 0 aliphatic heterocycles. The van der Waals surface area contributed by atoms with Gasteiger partial charge < -0.3 is 0 Å². The van der Waals surface area contributed by atoms with Crippen LogP contribution in [-0.2, 0) is 6.42 Å². The van der Waals surface area contributed by atoms with E-state index in [-0.39, 0.29) is 10.6 Å². The van der Waals surface area contributed by atoms with Crippen LogP contribution in [0.2, 0.25) is 0 Å². The van der Waals surface area contributed by atoms with Gasteiger partial charge in [-0.15, -0.1) is 0 Å². The Labute approximate surface area is 132 Å². The van der Waals surface area contributed by atoms with Crippen molar-refractivity contribution in [2.75, 3.05) is 0 Å². The van der Waals surface area contributed by atoms with Gasteiger partial charge in [-0.2, -0.15) is 0 Å². The average molecular weight is 343 g/mol. The molecule has 0 bridgehead atoms. The zero-order valence-electron chi connectivity index (χ0n) is 11.8. The molecule has 1 unspecified atom stereocenters. The van der Waals surface area contributed by atoms with Gasteiger partial charge in [0.15, 0.2) is 0 Å². The van der Waals surface area contributed by atoms with Crippen LogP contribution in [-0.4, -0.2) is 0 Å². The van der Waals surface area contributed by atoms with Crippen LogP contribution in [0.25, 0.3) is 10.8 Å². The van der Waals surface area contributed by atoms with Crippen molar-refractivity contribution < 1.29 is 4.39 Å². The van der Waals surface area contributed by atoms with Crippen molar-refractivity contribution in [3.63, 3.8) is 0 Å². The summed E-state index contributed by atoms with van der Waals surface area (Å²) in [5.74, 6) is -0.174. The van der Waals surface area contributed by atoms with Crippen molar-refractivity contribution in [2.45, 2.75) is 18.2 Å². The van der Waals surface area contributed by atoms with E-state index in [0.29, 0.717) is 0 Å². The molecule has 0 radical (unpaired) electrons. The fourth-order valence-corrected chi connectivity index (χ4v) is 3.34. The minimum Gasteiger partial charge on any atom is -0.207 e. The predicted molar refractivity (Wildman–Crippen MR) is 90.5 cm³/mol. The third kappa shape index (κ3) is 3.16. The average Bonchev–Trinajstić information content (AvgIpc) is 2.46. The number of hydrogen-bond acceptors (Lipinski definition) is 0. The first-order valence-electron chi connectivity index (χ1n) is 7.01. The van der Waals surface area contributed by atoms with Crippen molar-refractivity contribution in [3.05, 3.63) is 83.2 Å². The molecule has 0 heterocycles. The Morgan fingerprint density at radius 2 is 1.76 bits per heavy atom. The molecule has 0 aliphatic carbocycles. The lowest BCUT2D eigenvalue weighted by atomic mass is 9.98. The highest BCUT2D eigenvalue weighted by atomic mass is 79.9. The van der Waals surface area contributed by atoms with Crippen LogP contribution in [0.3, 0.4) is 0 Å². The number of benzene rings is 3. The highest BCUT2D eigenvalue weighted by Gasteiger charge is 2.12. The highest BCUT2D eigenvalue weighted by Crippen LogP contribution is 2.31. The lowest BCUT2D eigenvalue weighted by Gasteiger charge is -2.13. The second kappa shape index (κ2) is 5.98. The first-order chi connectivity index (χ1) is 10.1. The van der Waals surface area contributed by atoms with Crippen LogP contribution in [0.4, 0.5) is 4.39 Å². The Kier molecular flexibility index (Phi) is 4.07. The Hall–Kier alpha value is -1.67. The van der Waals surface area contributed by atoms with E-state index in [4.69, 9.17) is 0 Å². The van der Waals surface area contributed by atoms with Crippen molar-refractivity contribution in [2.24, 2.45) is 0 Å². The monoisotopic (exact) mass is 342 g/mol. The zero-order chi connectivity index (χ0) is 14.8. The van der Waals surface area contributed by atoms with Crippen molar-refractivity contribution >= 4 is 26.7 Å². The summed E-state index contributed by atoms with van der Waals surface area (Å²) < 4.78 is 13.6. The van der Waals surface area contributed by atoms with E-state index in [1.165, 1.54) is 16.3 Å². The van der Waals surface area contributed by atoms with Gasteiger partial charge in [-0.25, -0.2) is 4.39 Å². The molecular weight excluding hydrogens is 327 g/mol. The molecule has 0 aromatic heterocycles.